The van der Waals surface area contributed by atoms with Crippen LogP contribution in [0.5, 0.6) is 0 Å². The van der Waals surface area contributed by atoms with E-state index in [2.05, 4.69) is 37.5 Å². The van der Waals surface area contributed by atoms with Gasteiger partial charge >= 0.3 is 0 Å². The smallest absolute Gasteiger partial charge is 0.236 e. The normalized spacial score (nSPS) is 17.6. The molecule has 0 spiro atoms. The second-order valence-corrected chi connectivity index (χ2v) is 7.13. The predicted molar refractivity (Wildman–Crippen MR) is 85.8 cm³/mol. The van der Waals surface area contributed by atoms with Crippen LogP contribution in [-0.4, -0.2) is 48.4 Å². The van der Waals surface area contributed by atoms with Gasteiger partial charge in [0, 0.05) is 26.2 Å². The van der Waals surface area contributed by atoms with E-state index < -0.39 is 0 Å². The highest BCUT2D eigenvalue weighted by molar-refractivity contribution is 5.78. The SMILES string of the molecule is CC(C)CN(CC(=O)N1CCCCCCC1)CC(C)C. The van der Waals surface area contributed by atoms with Crippen LogP contribution >= 0.6 is 0 Å². The second kappa shape index (κ2) is 9.38. The molecule has 3 heteroatoms. The Labute approximate surface area is 125 Å². The van der Waals surface area contributed by atoms with Crippen molar-refractivity contribution in [2.75, 3.05) is 32.7 Å². The van der Waals surface area contributed by atoms with E-state index in [0.717, 1.165) is 26.2 Å². The number of nitrogens with zero attached hydrogens (tertiary/aromatic N) is 2. The zero-order chi connectivity index (χ0) is 15.0. The molecule has 0 unspecified atom stereocenters. The third-order valence-electron chi connectivity index (χ3n) is 3.81. The molecule has 0 radical (unpaired) electrons. The van der Waals surface area contributed by atoms with Crippen LogP contribution in [0.3, 0.4) is 0 Å². The summed E-state index contributed by atoms with van der Waals surface area (Å²) in [5.74, 6) is 1.58. The lowest BCUT2D eigenvalue weighted by molar-refractivity contribution is -0.133. The number of likely N-dealkylation sites (tertiary alicyclic amines) is 1. The number of hydrogen-bond acceptors (Lipinski definition) is 2. The highest BCUT2D eigenvalue weighted by Crippen LogP contribution is 2.11. The number of amides is 1. The molecule has 1 saturated heterocycles. The summed E-state index contributed by atoms with van der Waals surface area (Å²) in [7, 11) is 0. The third kappa shape index (κ3) is 7.28. The van der Waals surface area contributed by atoms with Crippen LogP contribution < -0.4 is 0 Å². The molecule has 20 heavy (non-hydrogen) atoms. The van der Waals surface area contributed by atoms with Crippen molar-refractivity contribution in [2.24, 2.45) is 11.8 Å². The molecule has 0 aromatic rings. The van der Waals surface area contributed by atoms with Crippen molar-refractivity contribution in [1.82, 2.24) is 9.80 Å². The number of rotatable bonds is 6. The Hall–Kier alpha value is -0.570. The summed E-state index contributed by atoms with van der Waals surface area (Å²) >= 11 is 0. The molecule has 1 amide bonds. The van der Waals surface area contributed by atoms with Gasteiger partial charge in [-0.2, -0.15) is 0 Å². The largest absolute Gasteiger partial charge is 0.342 e. The summed E-state index contributed by atoms with van der Waals surface area (Å²) in [6, 6.07) is 0. The minimum atomic E-state index is 0.341. The molecule has 0 atom stereocenters. The molecule has 0 aromatic carbocycles. The topological polar surface area (TPSA) is 23.6 Å². The van der Waals surface area contributed by atoms with Crippen LogP contribution in [0.25, 0.3) is 0 Å². The van der Waals surface area contributed by atoms with Gasteiger partial charge in [-0.1, -0.05) is 47.0 Å². The van der Waals surface area contributed by atoms with Crippen molar-refractivity contribution in [1.29, 1.82) is 0 Å². The van der Waals surface area contributed by atoms with E-state index in [-0.39, 0.29) is 0 Å². The molecule has 0 aromatic heterocycles. The van der Waals surface area contributed by atoms with Crippen molar-refractivity contribution in [3.63, 3.8) is 0 Å². The van der Waals surface area contributed by atoms with Crippen LogP contribution in [0.1, 0.15) is 59.8 Å². The molecule has 0 bridgehead atoms. The minimum absolute atomic E-state index is 0.341. The first-order chi connectivity index (χ1) is 9.49. The van der Waals surface area contributed by atoms with Gasteiger partial charge in [-0.3, -0.25) is 9.69 Å². The van der Waals surface area contributed by atoms with Gasteiger partial charge in [0.25, 0.3) is 0 Å². The van der Waals surface area contributed by atoms with Gasteiger partial charge in [-0.05, 0) is 24.7 Å². The Kier molecular flexibility index (Phi) is 8.20. The van der Waals surface area contributed by atoms with Gasteiger partial charge in [0.1, 0.15) is 0 Å². The van der Waals surface area contributed by atoms with Crippen LogP contribution in [0.15, 0.2) is 0 Å². The molecular weight excluding hydrogens is 248 g/mol. The Bertz CT molecular complexity index is 258. The van der Waals surface area contributed by atoms with E-state index in [4.69, 9.17) is 0 Å². The highest BCUT2D eigenvalue weighted by atomic mass is 16.2. The fourth-order valence-electron chi connectivity index (χ4n) is 3.02. The average molecular weight is 282 g/mol. The number of carbonyl (C=O) groups excluding carboxylic acids is 1. The first-order valence-electron chi connectivity index (χ1n) is 8.49. The maximum Gasteiger partial charge on any atom is 0.236 e. The lowest BCUT2D eigenvalue weighted by atomic mass is 10.1. The zero-order valence-electron chi connectivity index (χ0n) is 14.0. The lowest BCUT2D eigenvalue weighted by Gasteiger charge is -2.30. The Balaban J connectivity index is 2.49. The maximum absolute atomic E-state index is 12.5. The molecule has 118 valence electrons. The summed E-state index contributed by atoms with van der Waals surface area (Å²) in [6.07, 6.45) is 6.27. The van der Waals surface area contributed by atoms with Gasteiger partial charge in [-0.25, -0.2) is 0 Å². The summed E-state index contributed by atoms with van der Waals surface area (Å²) in [4.78, 5) is 17.0. The van der Waals surface area contributed by atoms with Crippen LogP contribution in [0, 0.1) is 11.8 Å². The summed E-state index contributed by atoms with van der Waals surface area (Å²) < 4.78 is 0. The molecule has 0 N–H and O–H groups in total. The van der Waals surface area contributed by atoms with E-state index >= 15 is 0 Å². The van der Waals surface area contributed by atoms with Crippen molar-refractivity contribution in [3.8, 4) is 0 Å². The third-order valence-corrected chi connectivity index (χ3v) is 3.81. The summed E-state index contributed by atoms with van der Waals surface area (Å²) in [5.41, 5.74) is 0. The van der Waals surface area contributed by atoms with E-state index in [1.165, 1.54) is 32.1 Å². The Morgan fingerprint density at radius 3 is 1.80 bits per heavy atom. The minimum Gasteiger partial charge on any atom is -0.342 e. The van der Waals surface area contributed by atoms with Crippen molar-refractivity contribution in [3.05, 3.63) is 0 Å². The highest BCUT2D eigenvalue weighted by Gasteiger charge is 2.19. The Morgan fingerprint density at radius 1 is 0.900 bits per heavy atom. The number of hydrogen-bond donors (Lipinski definition) is 0. The second-order valence-electron chi connectivity index (χ2n) is 7.13. The molecule has 1 aliphatic heterocycles. The van der Waals surface area contributed by atoms with E-state index in [1.807, 2.05) is 0 Å². The van der Waals surface area contributed by atoms with Gasteiger partial charge < -0.3 is 4.90 Å². The van der Waals surface area contributed by atoms with E-state index in [9.17, 15) is 4.79 Å². The van der Waals surface area contributed by atoms with Crippen LogP contribution in [0.4, 0.5) is 0 Å². The van der Waals surface area contributed by atoms with Gasteiger partial charge in [0.15, 0.2) is 0 Å². The predicted octanol–water partition coefficient (Wildman–Crippen LogP) is 3.39. The first-order valence-corrected chi connectivity index (χ1v) is 8.49. The van der Waals surface area contributed by atoms with Gasteiger partial charge in [-0.15, -0.1) is 0 Å². The maximum atomic E-state index is 12.5. The van der Waals surface area contributed by atoms with Crippen LogP contribution in [-0.2, 0) is 4.79 Å². The standard InChI is InChI=1S/C17H34N2O/c1-15(2)12-18(13-16(3)4)14-17(20)19-10-8-6-5-7-9-11-19/h15-16H,5-14H2,1-4H3. The molecule has 0 saturated carbocycles. The molecule has 0 aliphatic carbocycles. The summed E-state index contributed by atoms with van der Waals surface area (Å²) in [6.45, 7) is 13.5. The quantitative estimate of drug-likeness (QED) is 0.745. The summed E-state index contributed by atoms with van der Waals surface area (Å²) in [5, 5.41) is 0. The molecule has 1 rings (SSSR count). The fourth-order valence-corrected chi connectivity index (χ4v) is 3.02. The molecule has 1 aliphatic rings. The van der Waals surface area contributed by atoms with Gasteiger partial charge in [0.2, 0.25) is 5.91 Å². The van der Waals surface area contributed by atoms with Gasteiger partial charge in [0.05, 0.1) is 6.54 Å². The lowest BCUT2D eigenvalue weighted by Crippen LogP contribution is -2.43. The Morgan fingerprint density at radius 2 is 1.35 bits per heavy atom. The van der Waals surface area contributed by atoms with E-state index in [0.29, 0.717) is 24.3 Å². The first kappa shape index (κ1) is 17.5. The number of carbonyl (C=O) groups is 1. The monoisotopic (exact) mass is 282 g/mol. The molecule has 1 fully saturated rings. The van der Waals surface area contributed by atoms with Crippen molar-refractivity contribution in [2.45, 2.75) is 59.8 Å². The van der Waals surface area contributed by atoms with E-state index in [1.54, 1.807) is 0 Å². The average Bonchev–Trinajstić information content (AvgIpc) is 2.25. The molecular formula is C17H34N2O. The van der Waals surface area contributed by atoms with Crippen molar-refractivity contribution < 1.29 is 4.79 Å². The molecule has 1 heterocycles. The fraction of sp³-hybridized carbons (Fsp3) is 0.941. The van der Waals surface area contributed by atoms with Crippen molar-refractivity contribution >= 4 is 5.91 Å². The van der Waals surface area contributed by atoms with Crippen LogP contribution in [0.2, 0.25) is 0 Å². The molecule has 3 nitrogen and oxygen atoms in total. The zero-order valence-corrected chi connectivity index (χ0v) is 14.0.